The lowest BCUT2D eigenvalue weighted by Crippen LogP contribution is -2.26. The monoisotopic (exact) mass is 448 g/mol. The zero-order valence-corrected chi connectivity index (χ0v) is 15.4. The van der Waals surface area contributed by atoms with Gasteiger partial charge in [0.1, 0.15) is 5.00 Å². The van der Waals surface area contributed by atoms with Gasteiger partial charge >= 0.3 is 0 Å². The highest BCUT2D eigenvalue weighted by Crippen LogP contribution is 2.33. The van der Waals surface area contributed by atoms with Crippen LogP contribution in [0.1, 0.15) is 32.9 Å². The van der Waals surface area contributed by atoms with Crippen LogP contribution in [0.3, 0.4) is 0 Å². The molecule has 0 atom stereocenters. The number of thiophene rings is 2. The van der Waals surface area contributed by atoms with Crippen molar-refractivity contribution in [1.29, 1.82) is 0 Å². The highest BCUT2D eigenvalue weighted by molar-refractivity contribution is 9.13. The Labute approximate surface area is 146 Å². The molecule has 0 radical (unpaired) electrons. The Morgan fingerprint density at radius 1 is 1.24 bits per heavy atom. The number of amides is 2. The van der Waals surface area contributed by atoms with Gasteiger partial charge in [0.15, 0.2) is 0 Å². The fraction of sp³-hybridized carbons (Fsp3) is 0.231. The molecule has 0 aliphatic heterocycles. The van der Waals surface area contributed by atoms with Gasteiger partial charge in [0.2, 0.25) is 0 Å². The molecule has 0 saturated heterocycles. The van der Waals surface area contributed by atoms with Gasteiger partial charge in [-0.25, -0.2) is 0 Å². The Morgan fingerprint density at radius 3 is 2.62 bits per heavy atom. The maximum absolute atomic E-state index is 12.2. The molecule has 0 bridgehead atoms. The lowest BCUT2D eigenvalue weighted by molar-refractivity contribution is 0.0952. The molecule has 1 fully saturated rings. The number of rotatable bonds is 4. The lowest BCUT2D eigenvalue weighted by atomic mass is 10.3. The Balaban J connectivity index is 1.74. The van der Waals surface area contributed by atoms with Crippen LogP contribution >= 0.6 is 54.5 Å². The van der Waals surface area contributed by atoms with Crippen molar-refractivity contribution in [3.05, 3.63) is 36.2 Å². The summed E-state index contributed by atoms with van der Waals surface area (Å²) >= 11 is 9.41. The number of nitrogens with one attached hydrogen (secondary N) is 2. The van der Waals surface area contributed by atoms with Crippen molar-refractivity contribution in [1.82, 2.24) is 5.32 Å². The van der Waals surface area contributed by atoms with E-state index in [0.29, 0.717) is 21.5 Å². The van der Waals surface area contributed by atoms with E-state index in [-0.39, 0.29) is 11.8 Å². The second-order valence-electron chi connectivity index (χ2n) is 4.60. The molecule has 21 heavy (non-hydrogen) atoms. The smallest absolute Gasteiger partial charge is 0.266 e. The fourth-order valence-corrected chi connectivity index (χ4v) is 4.41. The van der Waals surface area contributed by atoms with Crippen molar-refractivity contribution >= 4 is 71.3 Å². The van der Waals surface area contributed by atoms with Crippen LogP contribution in [0.15, 0.2) is 25.8 Å². The van der Waals surface area contributed by atoms with E-state index in [1.165, 1.54) is 22.7 Å². The Hall–Kier alpha value is -0.700. The summed E-state index contributed by atoms with van der Waals surface area (Å²) in [5.41, 5.74) is 0.523. The average Bonchev–Trinajstić information content (AvgIpc) is 3.01. The van der Waals surface area contributed by atoms with Crippen molar-refractivity contribution in [3.63, 3.8) is 0 Å². The molecule has 4 nitrogen and oxygen atoms in total. The van der Waals surface area contributed by atoms with Gasteiger partial charge in [-0.1, -0.05) is 0 Å². The molecule has 8 heteroatoms. The first-order chi connectivity index (χ1) is 10.0. The van der Waals surface area contributed by atoms with Crippen LogP contribution in [0.5, 0.6) is 0 Å². The molecule has 1 aliphatic carbocycles. The Morgan fingerprint density at radius 2 is 2.00 bits per heavy atom. The van der Waals surface area contributed by atoms with E-state index >= 15 is 0 Å². The van der Waals surface area contributed by atoms with Crippen molar-refractivity contribution in [3.8, 4) is 0 Å². The molecule has 1 saturated carbocycles. The molecule has 0 unspecified atom stereocenters. The van der Waals surface area contributed by atoms with Crippen molar-refractivity contribution in [2.24, 2.45) is 0 Å². The number of hydrogen-bond acceptors (Lipinski definition) is 4. The normalized spacial score (nSPS) is 14.0. The van der Waals surface area contributed by atoms with Crippen LogP contribution in [0.2, 0.25) is 0 Å². The molecule has 2 amide bonds. The summed E-state index contributed by atoms with van der Waals surface area (Å²) in [5, 5.41) is 8.12. The summed E-state index contributed by atoms with van der Waals surface area (Å²) < 4.78 is 1.71. The number of hydrogen-bond donors (Lipinski definition) is 2. The van der Waals surface area contributed by atoms with Gasteiger partial charge in [0, 0.05) is 10.5 Å². The van der Waals surface area contributed by atoms with Gasteiger partial charge in [0.05, 0.1) is 14.2 Å². The van der Waals surface area contributed by atoms with Crippen LogP contribution in [0.4, 0.5) is 5.00 Å². The molecule has 0 spiro atoms. The van der Waals surface area contributed by atoms with Crippen LogP contribution in [0, 0.1) is 0 Å². The molecule has 110 valence electrons. The maximum atomic E-state index is 12.2. The summed E-state index contributed by atoms with van der Waals surface area (Å²) in [6.07, 6.45) is 2.07. The minimum Gasteiger partial charge on any atom is -0.349 e. The molecule has 1 aliphatic rings. The van der Waals surface area contributed by atoms with Gasteiger partial charge in [0.25, 0.3) is 11.8 Å². The third-order valence-corrected chi connectivity index (χ3v) is 7.00. The van der Waals surface area contributed by atoms with Crippen LogP contribution < -0.4 is 10.6 Å². The minimum absolute atomic E-state index is 0.123. The summed E-state index contributed by atoms with van der Waals surface area (Å²) in [4.78, 5) is 24.9. The quantitative estimate of drug-likeness (QED) is 0.722. The zero-order valence-electron chi connectivity index (χ0n) is 10.6. The zero-order chi connectivity index (χ0) is 15.0. The SMILES string of the molecule is O=C(Nc1sccc1C(=O)NC1CC1)c1cc(Br)c(Br)s1. The minimum atomic E-state index is -0.214. The summed E-state index contributed by atoms with van der Waals surface area (Å²) in [6, 6.07) is 3.78. The maximum Gasteiger partial charge on any atom is 0.266 e. The van der Waals surface area contributed by atoms with E-state index in [9.17, 15) is 9.59 Å². The molecule has 3 rings (SSSR count). The largest absolute Gasteiger partial charge is 0.349 e. The van der Waals surface area contributed by atoms with Crippen LogP contribution in [-0.2, 0) is 0 Å². The number of anilines is 1. The van der Waals surface area contributed by atoms with Gasteiger partial charge in [-0.3, -0.25) is 9.59 Å². The second kappa shape index (κ2) is 6.20. The highest BCUT2D eigenvalue weighted by Gasteiger charge is 2.25. The molecule has 2 N–H and O–H groups in total. The first-order valence-corrected chi connectivity index (χ1v) is 9.47. The first-order valence-electron chi connectivity index (χ1n) is 6.19. The van der Waals surface area contributed by atoms with Gasteiger partial charge in [-0.15, -0.1) is 22.7 Å². The van der Waals surface area contributed by atoms with E-state index < -0.39 is 0 Å². The van der Waals surface area contributed by atoms with Gasteiger partial charge < -0.3 is 10.6 Å². The Kier molecular flexibility index (Phi) is 4.49. The van der Waals surface area contributed by atoms with Crippen molar-refractivity contribution in [2.45, 2.75) is 18.9 Å². The second-order valence-corrected chi connectivity index (χ2v) is 8.74. The molecular weight excluding hydrogens is 440 g/mol. The van der Waals surface area contributed by atoms with E-state index in [0.717, 1.165) is 21.1 Å². The number of carbonyl (C=O) groups excluding carboxylic acids is 2. The van der Waals surface area contributed by atoms with Crippen molar-refractivity contribution in [2.75, 3.05) is 5.32 Å². The topological polar surface area (TPSA) is 58.2 Å². The third-order valence-electron chi connectivity index (χ3n) is 2.92. The van der Waals surface area contributed by atoms with E-state index in [1.54, 1.807) is 17.5 Å². The van der Waals surface area contributed by atoms with E-state index in [2.05, 4.69) is 42.5 Å². The summed E-state index contributed by atoms with van der Waals surface area (Å²) in [5.74, 6) is -0.336. The number of carbonyl (C=O) groups is 2. The predicted molar refractivity (Wildman–Crippen MR) is 92.5 cm³/mol. The Bertz CT molecular complexity index is 687. The molecule has 2 aromatic rings. The van der Waals surface area contributed by atoms with Crippen molar-refractivity contribution < 1.29 is 9.59 Å². The molecule has 2 aromatic heterocycles. The van der Waals surface area contributed by atoms with Crippen LogP contribution in [0.25, 0.3) is 0 Å². The van der Waals surface area contributed by atoms with E-state index in [1.807, 2.05) is 0 Å². The van der Waals surface area contributed by atoms with Crippen LogP contribution in [-0.4, -0.2) is 17.9 Å². The molecule has 0 aromatic carbocycles. The highest BCUT2D eigenvalue weighted by atomic mass is 79.9. The average molecular weight is 450 g/mol. The van der Waals surface area contributed by atoms with Gasteiger partial charge in [-0.2, -0.15) is 0 Å². The third kappa shape index (κ3) is 3.56. The molecular formula is C13H10Br2N2O2S2. The molecule has 2 heterocycles. The lowest BCUT2D eigenvalue weighted by Gasteiger charge is -2.05. The standard InChI is InChI=1S/C13H10Br2N2O2S2/c14-8-5-9(21-10(8)15)12(19)17-13-7(3-4-20-13)11(18)16-6-1-2-6/h3-6H,1-2H2,(H,16,18)(H,17,19). The summed E-state index contributed by atoms with van der Waals surface area (Å²) in [6.45, 7) is 0. The van der Waals surface area contributed by atoms with Gasteiger partial charge in [-0.05, 0) is 62.2 Å². The fourth-order valence-electron chi connectivity index (χ4n) is 1.70. The first kappa shape index (κ1) is 15.2. The predicted octanol–water partition coefficient (Wildman–Crippen LogP) is 4.48. The summed E-state index contributed by atoms with van der Waals surface area (Å²) in [7, 11) is 0. The number of halogens is 2. The van der Waals surface area contributed by atoms with E-state index in [4.69, 9.17) is 0 Å².